The predicted octanol–water partition coefficient (Wildman–Crippen LogP) is 3.66. The van der Waals surface area contributed by atoms with Gasteiger partial charge in [-0.3, -0.25) is 0 Å². The Morgan fingerprint density at radius 3 is 3.00 bits per heavy atom. The van der Waals surface area contributed by atoms with Crippen LogP contribution in [0, 0.1) is 6.57 Å². The van der Waals surface area contributed by atoms with E-state index in [2.05, 4.69) is 20.8 Å². The van der Waals surface area contributed by atoms with Gasteiger partial charge in [-0.15, -0.1) is 0 Å². The third kappa shape index (κ3) is 1.80. The first-order valence-electron chi connectivity index (χ1n) is 4.31. The topological polar surface area (TPSA) is 17.5 Å². The van der Waals surface area contributed by atoms with Gasteiger partial charge in [0, 0.05) is 9.86 Å². The quantitative estimate of drug-likeness (QED) is 0.743. The second-order valence-electron chi connectivity index (χ2n) is 3.03. The SMILES string of the molecule is [C-]#[N+]CCc1cc2cc(Br)ccc2o1. The van der Waals surface area contributed by atoms with Crippen LogP contribution < -0.4 is 0 Å². The van der Waals surface area contributed by atoms with Crippen molar-refractivity contribution in [2.24, 2.45) is 0 Å². The fourth-order valence-corrected chi connectivity index (χ4v) is 1.74. The highest BCUT2D eigenvalue weighted by molar-refractivity contribution is 9.10. The summed E-state index contributed by atoms with van der Waals surface area (Å²) >= 11 is 3.40. The fourth-order valence-electron chi connectivity index (χ4n) is 1.36. The summed E-state index contributed by atoms with van der Waals surface area (Å²) in [6.07, 6.45) is 0.690. The van der Waals surface area contributed by atoms with Crippen molar-refractivity contribution >= 4 is 26.9 Å². The van der Waals surface area contributed by atoms with E-state index in [0.717, 1.165) is 21.2 Å². The average Bonchev–Trinajstić information content (AvgIpc) is 2.56. The molecule has 0 atom stereocenters. The molecule has 0 aliphatic heterocycles. The number of fused-ring (bicyclic) bond motifs is 1. The van der Waals surface area contributed by atoms with Crippen molar-refractivity contribution in [3.05, 3.63) is 45.9 Å². The van der Waals surface area contributed by atoms with Crippen molar-refractivity contribution in [1.82, 2.24) is 0 Å². The maximum atomic E-state index is 6.70. The Morgan fingerprint density at radius 1 is 1.36 bits per heavy atom. The minimum absolute atomic E-state index is 0.487. The van der Waals surface area contributed by atoms with Crippen LogP contribution in [0.5, 0.6) is 0 Å². The molecule has 1 aromatic carbocycles. The Kier molecular flexibility index (Phi) is 2.55. The van der Waals surface area contributed by atoms with Crippen molar-refractivity contribution in [3.8, 4) is 0 Å². The number of hydrogen-bond donors (Lipinski definition) is 0. The van der Waals surface area contributed by atoms with Gasteiger partial charge in [-0.05, 0) is 24.3 Å². The first-order chi connectivity index (χ1) is 6.79. The second-order valence-corrected chi connectivity index (χ2v) is 3.94. The molecule has 0 saturated carbocycles. The molecule has 0 unspecified atom stereocenters. The molecule has 0 spiro atoms. The molecule has 70 valence electrons. The number of furan rings is 1. The summed E-state index contributed by atoms with van der Waals surface area (Å²) in [4.78, 5) is 3.30. The van der Waals surface area contributed by atoms with Crippen LogP contribution in [0.15, 0.2) is 33.2 Å². The third-order valence-electron chi connectivity index (χ3n) is 2.00. The lowest BCUT2D eigenvalue weighted by Gasteiger charge is -1.88. The molecule has 1 aromatic heterocycles. The number of halogens is 1. The van der Waals surface area contributed by atoms with Crippen LogP contribution in [0.3, 0.4) is 0 Å². The van der Waals surface area contributed by atoms with Gasteiger partial charge in [-0.25, -0.2) is 6.57 Å². The van der Waals surface area contributed by atoms with E-state index in [1.54, 1.807) is 0 Å². The minimum atomic E-state index is 0.487. The molecule has 1 heterocycles. The van der Waals surface area contributed by atoms with Crippen LogP contribution in [0.1, 0.15) is 5.76 Å². The summed E-state index contributed by atoms with van der Waals surface area (Å²) in [7, 11) is 0. The monoisotopic (exact) mass is 249 g/mol. The first kappa shape index (κ1) is 9.29. The zero-order valence-corrected chi connectivity index (χ0v) is 9.04. The summed E-state index contributed by atoms with van der Waals surface area (Å²) in [5, 5.41) is 1.08. The maximum absolute atomic E-state index is 6.70. The zero-order chi connectivity index (χ0) is 9.97. The summed E-state index contributed by atoms with van der Waals surface area (Å²) in [5.41, 5.74) is 0.883. The van der Waals surface area contributed by atoms with E-state index < -0.39 is 0 Å². The van der Waals surface area contributed by atoms with Crippen molar-refractivity contribution < 1.29 is 4.42 Å². The standard InChI is InChI=1S/C11H8BrNO/c1-13-5-4-10-7-8-6-9(12)2-3-11(8)14-10/h2-3,6-7H,4-5H2. The molecule has 0 bridgehead atoms. The molecule has 0 saturated heterocycles. The highest BCUT2D eigenvalue weighted by Crippen LogP contribution is 2.23. The van der Waals surface area contributed by atoms with Crippen molar-refractivity contribution in [2.45, 2.75) is 6.42 Å². The summed E-state index contributed by atoms with van der Waals surface area (Å²) in [6.45, 7) is 7.18. The van der Waals surface area contributed by atoms with Gasteiger partial charge in [-0.2, -0.15) is 0 Å². The molecule has 14 heavy (non-hydrogen) atoms. The van der Waals surface area contributed by atoms with E-state index in [-0.39, 0.29) is 0 Å². The maximum Gasteiger partial charge on any atom is 0.221 e. The number of hydrogen-bond acceptors (Lipinski definition) is 1. The Hall–Kier alpha value is -1.27. The molecule has 0 aliphatic rings. The minimum Gasteiger partial charge on any atom is -0.461 e. The van der Waals surface area contributed by atoms with Crippen LogP contribution in [0.25, 0.3) is 15.8 Å². The van der Waals surface area contributed by atoms with Gasteiger partial charge in [-0.1, -0.05) is 15.9 Å². The highest BCUT2D eigenvalue weighted by Gasteiger charge is 2.04. The largest absolute Gasteiger partial charge is 0.461 e. The average molecular weight is 250 g/mol. The molecule has 3 heteroatoms. The smallest absolute Gasteiger partial charge is 0.221 e. The molecule has 0 amide bonds. The molecule has 2 nitrogen and oxygen atoms in total. The van der Waals surface area contributed by atoms with Crippen molar-refractivity contribution in [2.75, 3.05) is 6.54 Å². The van der Waals surface area contributed by atoms with Crippen LogP contribution in [0.2, 0.25) is 0 Å². The van der Waals surface area contributed by atoms with Crippen LogP contribution in [-0.4, -0.2) is 6.54 Å². The van der Waals surface area contributed by atoms with Gasteiger partial charge in [0.05, 0.1) is 6.42 Å². The lowest BCUT2D eigenvalue weighted by Crippen LogP contribution is -1.82. The zero-order valence-electron chi connectivity index (χ0n) is 7.46. The summed E-state index contributed by atoms with van der Waals surface area (Å²) in [6, 6.07) is 7.89. The molecular weight excluding hydrogens is 242 g/mol. The Balaban J connectivity index is 2.37. The van der Waals surface area contributed by atoms with E-state index in [0.29, 0.717) is 13.0 Å². The van der Waals surface area contributed by atoms with Crippen LogP contribution in [0.4, 0.5) is 0 Å². The van der Waals surface area contributed by atoms with Gasteiger partial charge < -0.3 is 9.26 Å². The normalized spacial score (nSPS) is 10.3. The van der Waals surface area contributed by atoms with Crippen molar-refractivity contribution in [3.63, 3.8) is 0 Å². The van der Waals surface area contributed by atoms with E-state index in [4.69, 9.17) is 11.0 Å². The molecule has 0 radical (unpaired) electrons. The number of nitrogens with zero attached hydrogens (tertiary/aromatic N) is 1. The van der Waals surface area contributed by atoms with Crippen LogP contribution >= 0.6 is 15.9 Å². The summed E-state index contributed by atoms with van der Waals surface area (Å²) in [5.74, 6) is 0.883. The van der Waals surface area contributed by atoms with Gasteiger partial charge >= 0.3 is 0 Å². The van der Waals surface area contributed by atoms with Gasteiger partial charge in [0.2, 0.25) is 6.54 Å². The van der Waals surface area contributed by atoms with Crippen molar-refractivity contribution in [1.29, 1.82) is 0 Å². The molecule has 0 fully saturated rings. The van der Waals surface area contributed by atoms with Gasteiger partial charge in [0.1, 0.15) is 11.3 Å². The third-order valence-corrected chi connectivity index (χ3v) is 2.49. The second kappa shape index (κ2) is 3.85. The molecule has 2 rings (SSSR count). The lowest BCUT2D eigenvalue weighted by molar-refractivity contribution is 0.555. The molecule has 0 aliphatic carbocycles. The first-order valence-corrected chi connectivity index (χ1v) is 5.10. The molecule has 0 N–H and O–H groups in total. The number of rotatable bonds is 2. The van der Waals surface area contributed by atoms with E-state index in [1.165, 1.54) is 0 Å². The van der Waals surface area contributed by atoms with Gasteiger partial charge in [0.15, 0.2) is 0 Å². The highest BCUT2D eigenvalue weighted by atomic mass is 79.9. The molecule has 2 aromatic rings. The fraction of sp³-hybridized carbons (Fsp3) is 0.182. The van der Waals surface area contributed by atoms with E-state index in [9.17, 15) is 0 Å². The van der Waals surface area contributed by atoms with Crippen LogP contribution in [-0.2, 0) is 6.42 Å². The molecular formula is C11H8BrNO. The predicted molar refractivity (Wildman–Crippen MR) is 59.1 cm³/mol. The Morgan fingerprint density at radius 2 is 2.21 bits per heavy atom. The van der Waals surface area contributed by atoms with E-state index in [1.807, 2.05) is 24.3 Å². The van der Waals surface area contributed by atoms with Gasteiger partial charge in [0.25, 0.3) is 0 Å². The lowest BCUT2D eigenvalue weighted by atomic mass is 10.2. The Labute approximate surface area is 90.5 Å². The number of benzene rings is 1. The Bertz CT molecular complexity index is 495. The summed E-state index contributed by atoms with van der Waals surface area (Å²) < 4.78 is 6.60. The van der Waals surface area contributed by atoms with E-state index >= 15 is 0 Å².